The standard InChI is InChI=1S/C10H11FO2/c1-4-6(11)5-7-8(9(12)13)10(7,2)3/h1,5,7-8H,2-3H3,(H,12,13). The molecule has 3 heteroatoms. The van der Waals surface area contributed by atoms with Crippen LogP contribution in [0.5, 0.6) is 0 Å². The Hall–Kier alpha value is -1.30. The molecule has 0 bridgehead atoms. The molecule has 2 atom stereocenters. The summed E-state index contributed by atoms with van der Waals surface area (Å²) < 4.78 is 12.6. The molecule has 2 unspecified atom stereocenters. The highest BCUT2D eigenvalue weighted by atomic mass is 19.1. The Labute approximate surface area is 76.4 Å². The molecule has 0 spiro atoms. The van der Waals surface area contributed by atoms with E-state index in [9.17, 15) is 9.18 Å². The molecule has 2 nitrogen and oxygen atoms in total. The van der Waals surface area contributed by atoms with Crippen molar-refractivity contribution < 1.29 is 14.3 Å². The predicted molar refractivity (Wildman–Crippen MR) is 46.4 cm³/mol. The van der Waals surface area contributed by atoms with Crippen LogP contribution in [0.25, 0.3) is 0 Å². The molecule has 1 saturated carbocycles. The third-order valence-corrected chi connectivity index (χ3v) is 2.64. The van der Waals surface area contributed by atoms with Crippen LogP contribution in [-0.4, -0.2) is 11.1 Å². The number of hydrogen-bond acceptors (Lipinski definition) is 1. The first kappa shape index (κ1) is 9.79. The van der Waals surface area contributed by atoms with Crippen molar-refractivity contribution in [2.45, 2.75) is 13.8 Å². The van der Waals surface area contributed by atoms with Gasteiger partial charge in [0, 0.05) is 5.92 Å². The first-order chi connectivity index (χ1) is 5.91. The first-order valence-corrected chi connectivity index (χ1v) is 3.98. The minimum Gasteiger partial charge on any atom is -0.481 e. The Kier molecular flexibility index (Phi) is 2.17. The van der Waals surface area contributed by atoms with Gasteiger partial charge in [-0.1, -0.05) is 13.8 Å². The maximum absolute atomic E-state index is 12.6. The highest BCUT2D eigenvalue weighted by molar-refractivity contribution is 5.76. The normalized spacial score (nSPS) is 30.8. The molecule has 0 heterocycles. The summed E-state index contributed by atoms with van der Waals surface area (Å²) in [6.45, 7) is 3.58. The van der Waals surface area contributed by atoms with Gasteiger partial charge in [-0.15, -0.1) is 6.42 Å². The molecule has 0 radical (unpaired) electrons. The van der Waals surface area contributed by atoms with E-state index in [0.717, 1.165) is 0 Å². The van der Waals surface area contributed by atoms with Crippen LogP contribution < -0.4 is 0 Å². The van der Waals surface area contributed by atoms with Crippen molar-refractivity contribution in [1.82, 2.24) is 0 Å². The third-order valence-electron chi connectivity index (χ3n) is 2.64. The molecule has 0 aromatic rings. The van der Waals surface area contributed by atoms with Gasteiger partial charge in [0.05, 0.1) is 5.92 Å². The molecule has 13 heavy (non-hydrogen) atoms. The van der Waals surface area contributed by atoms with Crippen LogP contribution in [0.2, 0.25) is 0 Å². The molecule has 1 N–H and O–H groups in total. The first-order valence-electron chi connectivity index (χ1n) is 3.98. The summed E-state index contributed by atoms with van der Waals surface area (Å²) in [6.07, 6.45) is 6.04. The highest BCUT2D eigenvalue weighted by Crippen LogP contribution is 2.59. The average Bonchev–Trinajstić information content (AvgIpc) is 2.53. The lowest BCUT2D eigenvalue weighted by Crippen LogP contribution is -2.02. The number of rotatable bonds is 2. The number of carbonyl (C=O) groups is 1. The number of terminal acetylenes is 1. The van der Waals surface area contributed by atoms with Crippen molar-refractivity contribution in [1.29, 1.82) is 0 Å². The SMILES string of the molecule is C#CC(F)=CC1C(C(=O)O)C1(C)C. The van der Waals surface area contributed by atoms with Gasteiger partial charge in [0.25, 0.3) is 0 Å². The molecular formula is C10H11FO2. The summed E-state index contributed by atoms with van der Waals surface area (Å²) in [6, 6.07) is 0. The summed E-state index contributed by atoms with van der Waals surface area (Å²) in [5.74, 6) is -0.521. The van der Waals surface area contributed by atoms with Crippen molar-refractivity contribution in [2.24, 2.45) is 17.3 Å². The van der Waals surface area contributed by atoms with E-state index in [1.54, 1.807) is 13.8 Å². The van der Waals surface area contributed by atoms with Crippen LogP contribution in [0.15, 0.2) is 11.9 Å². The van der Waals surface area contributed by atoms with E-state index in [1.165, 1.54) is 6.08 Å². The van der Waals surface area contributed by atoms with Gasteiger partial charge in [0.1, 0.15) is 0 Å². The lowest BCUT2D eigenvalue weighted by molar-refractivity contribution is -0.139. The third kappa shape index (κ3) is 1.57. The topological polar surface area (TPSA) is 37.3 Å². The molecule has 1 rings (SSSR count). The maximum Gasteiger partial charge on any atom is 0.307 e. The Morgan fingerprint density at radius 3 is 2.54 bits per heavy atom. The Balaban J connectivity index is 2.79. The van der Waals surface area contributed by atoms with E-state index in [-0.39, 0.29) is 11.3 Å². The van der Waals surface area contributed by atoms with E-state index in [2.05, 4.69) is 0 Å². The van der Waals surface area contributed by atoms with Gasteiger partial charge in [-0.05, 0) is 17.4 Å². The van der Waals surface area contributed by atoms with Crippen LogP contribution in [0.1, 0.15) is 13.8 Å². The zero-order valence-corrected chi connectivity index (χ0v) is 7.54. The molecule has 0 saturated heterocycles. The van der Waals surface area contributed by atoms with E-state index in [1.807, 2.05) is 5.92 Å². The second-order valence-electron chi connectivity index (χ2n) is 3.82. The predicted octanol–water partition coefficient (Wildman–Crippen LogP) is 1.83. The summed E-state index contributed by atoms with van der Waals surface area (Å²) in [4.78, 5) is 10.7. The van der Waals surface area contributed by atoms with Gasteiger partial charge in [0.2, 0.25) is 0 Å². The number of allylic oxidation sites excluding steroid dienone is 2. The second kappa shape index (κ2) is 2.88. The average molecular weight is 182 g/mol. The van der Waals surface area contributed by atoms with E-state index >= 15 is 0 Å². The summed E-state index contributed by atoms with van der Waals surface area (Å²) in [5, 5.41) is 8.74. The molecule has 0 aliphatic heterocycles. The Morgan fingerprint density at radius 1 is 1.69 bits per heavy atom. The van der Waals surface area contributed by atoms with Crippen molar-refractivity contribution in [2.75, 3.05) is 0 Å². The van der Waals surface area contributed by atoms with Crippen LogP contribution in [0.4, 0.5) is 4.39 Å². The Bertz CT molecular complexity index is 309. The molecule has 1 aliphatic carbocycles. The largest absolute Gasteiger partial charge is 0.481 e. The zero-order chi connectivity index (χ0) is 10.2. The van der Waals surface area contributed by atoms with E-state index in [4.69, 9.17) is 11.5 Å². The van der Waals surface area contributed by atoms with Crippen molar-refractivity contribution in [3.8, 4) is 12.3 Å². The fraction of sp³-hybridized carbons (Fsp3) is 0.500. The van der Waals surface area contributed by atoms with Crippen molar-refractivity contribution in [3.05, 3.63) is 11.9 Å². The molecule has 1 fully saturated rings. The van der Waals surface area contributed by atoms with Crippen molar-refractivity contribution >= 4 is 5.97 Å². The van der Waals surface area contributed by atoms with Crippen LogP contribution >= 0.6 is 0 Å². The number of hydrogen-bond donors (Lipinski definition) is 1. The van der Waals surface area contributed by atoms with Crippen molar-refractivity contribution in [3.63, 3.8) is 0 Å². The summed E-state index contributed by atoms with van der Waals surface area (Å²) in [5.41, 5.74) is -0.375. The molecule has 70 valence electrons. The maximum atomic E-state index is 12.6. The van der Waals surface area contributed by atoms with Gasteiger partial charge in [-0.3, -0.25) is 4.79 Å². The van der Waals surface area contributed by atoms with Gasteiger partial charge < -0.3 is 5.11 Å². The number of aliphatic carboxylic acids is 1. The molecule has 0 aromatic heterocycles. The molecular weight excluding hydrogens is 171 g/mol. The van der Waals surface area contributed by atoms with Gasteiger partial charge in [-0.25, -0.2) is 0 Å². The molecule has 0 amide bonds. The van der Waals surface area contributed by atoms with E-state index in [0.29, 0.717) is 0 Å². The van der Waals surface area contributed by atoms with Gasteiger partial charge >= 0.3 is 5.97 Å². The Morgan fingerprint density at radius 2 is 2.23 bits per heavy atom. The van der Waals surface area contributed by atoms with Crippen LogP contribution in [-0.2, 0) is 4.79 Å². The summed E-state index contributed by atoms with van der Waals surface area (Å²) in [7, 11) is 0. The number of halogens is 1. The zero-order valence-electron chi connectivity index (χ0n) is 7.54. The highest BCUT2D eigenvalue weighted by Gasteiger charge is 2.61. The fourth-order valence-electron chi connectivity index (χ4n) is 1.67. The smallest absolute Gasteiger partial charge is 0.307 e. The minimum atomic E-state index is -0.893. The monoisotopic (exact) mass is 182 g/mol. The van der Waals surface area contributed by atoms with Gasteiger partial charge in [-0.2, -0.15) is 4.39 Å². The van der Waals surface area contributed by atoms with Gasteiger partial charge in [0.15, 0.2) is 5.83 Å². The summed E-state index contributed by atoms with van der Waals surface area (Å²) >= 11 is 0. The number of carboxylic acid groups (broad SMARTS) is 1. The van der Waals surface area contributed by atoms with Crippen LogP contribution in [0.3, 0.4) is 0 Å². The fourth-order valence-corrected chi connectivity index (χ4v) is 1.67. The van der Waals surface area contributed by atoms with Crippen LogP contribution in [0, 0.1) is 29.6 Å². The molecule has 0 aromatic carbocycles. The minimum absolute atomic E-state index is 0.277. The second-order valence-corrected chi connectivity index (χ2v) is 3.82. The van der Waals surface area contributed by atoms with E-state index < -0.39 is 17.7 Å². The molecule has 1 aliphatic rings. The number of carboxylic acids is 1. The lowest BCUT2D eigenvalue weighted by Gasteiger charge is -1.96. The quantitative estimate of drug-likeness (QED) is 0.661. The lowest BCUT2D eigenvalue weighted by atomic mass is 10.1.